The van der Waals surface area contributed by atoms with Crippen LogP contribution in [0.15, 0.2) is 340 Å². The largest absolute Gasteiger partial charge is 0.311 e. The lowest BCUT2D eigenvalue weighted by atomic mass is 9.30. The number of para-hydroxylation sites is 8. The average Bonchev–Trinajstić information content (AvgIpc) is 0.687. The molecule has 0 spiro atoms. The summed E-state index contributed by atoms with van der Waals surface area (Å²) in [6.45, 7) is -0.329. The van der Waals surface area contributed by atoms with Gasteiger partial charge in [0.15, 0.2) is 0 Å². The Morgan fingerprint density at radius 1 is 0.247 bits per heavy atom. The highest BCUT2D eigenvalue weighted by atomic mass is 15.2. The second kappa shape index (κ2) is 21.3. The third kappa shape index (κ3) is 8.15. The fourth-order valence-electron chi connectivity index (χ4n) is 15.9. The van der Waals surface area contributed by atoms with Crippen LogP contribution in [0.5, 0.6) is 0 Å². The summed E-state index contributed by atoms with van der Waals surface area (Å²) in [6.07, 6.45) is 1.91. The molecule has 8 heteroatoms. The second-order valence-corrected chi connectivity index (χ2v) is 24.5. The summed E-state index contributed by atoms with van der Waals surface area (Å²) in [5.41, 5.74) is 28.7. The Balaban J connectivity index is 0.938. The molecule has 0 radical (unpaired) electrons. The Bertz CT molecular complexity index is 5330. The first kappa shape index (κ1) is 52.8. The van der Waals surface area contributed by atoms with E-state index in [2.05, 4.69) is 352 Å². The van der Waals surface area contributed by atoms with Gasteiger partial charge in [0.2, 0.25) is 0 Å². The van der Waals surface area contributed by atoms with E-state index in [1.165, 1.54) is 49.1 Å². The maximum Gasteiger partial charge on any atom is 0.252 e. The highest BCUT2D eigenvalue weighted by Gasteiger charge is 2.49. The van der Waals surface area contributed by atoms with E-state index in [1.54, 1.807) is 0 Å². The summed E-state index contributed by atoms with van der Waals surface area (Å²) in [6, 6.07) is 123. The van der Waals surface area contributed by atoms with Gasteiger partial charge in [-0.2, -0.15) is 0 Å². The summed E-state index contributed by atoms with van der Waals surface area (Å²) in [7, 11) is 0. The Kier molecular flexibility index (Phi) is 12.1. The van der Waals surface area contributed by atoms with Crippen LogP contribution in [0.4, 0.5) is 85.3 Å². The van der Waals surface area contributed by atoms with Crippen molar-refractivity contribution in [3.05, 3.63) is 340 Å². The summed E-state index contributed by atoms with van der Waals surface area (Å²) < 4.78 is 0. The highest BCUT2D eigenvalue weighted by Crippen LogP contribution is 2.53. The summed E-state index contributed by atoms with van der Waals surface area (Å²) >= 11 is 0. The lowest BCUT2D eigenvalue weighted by molar-refractivity contribution is 1.22. The summed E-state index contributed by atoms with van der Waals surface area (Å²) in [4.78, 5) is 17.7. The van der Waals surface area contributed by atoms with Crippen molar-refractivity contribution in [3.63, 3.8) is 0 Å². The summed E-state index contributed by atoms with van der Waals surface area (Å²) in [5.74, 6) is 0. The van der Waals surface area contributed by atoms with Crippen molar-refractivity contribution >= 4 is 153 Å². The molecule has 0 atom stereocenters. The van der Waals surface area contributed by atoms with Crippen molar-refractivity contribution < 1.29 is 0 Å². The molecule has 6 nitrogen and oxygen atoms in total. The SMILES string of the molecule is c1ccc(N(c2ccccc2)c2cc3c4c(c2)N(c2ccccc2)c2cc5c(cc2B4c2ccccc2N3c2ccccc2)B2c3ccccc3N(c3ccccc3)c3cc(-c4c6ccccc6c(-c6ccccn6)c6ccccc46)cc(c32)N5c2ccccc2)cc1. The number of rotatable bonds is 9. The molecule has 1 aromatic heterocycles. The normalized spacial score (nSPS) is 13.0. The minimum atomic E-state index is -0.168. The molecule has 4 aliphatic rings. The lowest BCUT2D eigenvalue weighted by Gasteiger charge is -2.47. The van der Waals surface area contributed by atoms with Gasteiger partial charge in [0.1, 0.15) is 0 Å². The summed E-state index contributed by atoms with van der Waals surface area (Å²) in [5, 5.41) is 4.67. The third-order valence-electron chi connectivity index (χ3n) is 19.5. The average molecular weight is 1180 g/mol. The number of benzene rings is 14. The van der Waals surface area contributed by atoms with E-state index in [-0.39, 0.29) is 13.4 Å². The predicted molar refractivity (Wildman–Crippen MR) is 393 cm³/mol. The second-order valence-electron chi connectivity index (χ2n) is 24.5. The van der Waals surface area contributed by atoms with Crippen LogP contribution in [0.1, 0.15) is 0 Å². The first-order chi connectivity index (χ1) is 46.2. The smallest absolute Gasteiger partial charge is 0.252 e. The zero-order chi connectivity index (χ0) is 61.1. The van der Waals surface area contributed by atoms with E-state index in [1.807, 2.05) is 12.3 Å². The van der Waals surface area contributed by atoms with Crippen molar-refractivity contribution in [2.75, 3.05) is 24.5 Å². The first-order valence-electron chi connectivity index (χ1n) is 32.1. The van der Waals surface area contributed by atoms with Crippen LogP contribution in [0.2, 0.25) is 0 Å². The van der Waals surface area contributed by atoms with E-state index in [9.17, 15) is 0 Å². The maximum absolute atomic E-state index is 5.01. The molecule has 0 fully saturated rings. The topological polar surface area (TPSA) is 29.1 Å². The van der Waals surface area contributed by atoms with Crippen LogP contribution in [0, 0.1) is 0 Å². The molecule has 93 heavy (non-hydrogen) atoms. The quantitative estimate of drug-likeness (QED) is 0.106. The van der Waals surface area contributed by atoms with Gasteiger partial charge in [0.05, 0.1) is 11.4 Å². The van der Waals surface area contributed by atoms with Gasteiger partial charge in [-0.15, -0.1) is 0 Å². The van der Waals surface area contributed by atoms with Crippen molar-refractivity contribution in [2.24, 2.45) is 0 Å². The number of pyridine rings is 1. The molecule has 0 N–H and O–H groups in total. The van der Waals surface area contributed by atoms with Crippen molar-refractivity contribution in [1.82, 2.24) is 4.98 Å². The van der Waals surface area contributed by atoms with Crippen molar-refractivity contribution in [3.8, 4) is 22.4 Å². The number of hydrogen-bond donors (Lipinski definition) is 0. The zero-order valence-electron chi connectivity index (χ0n) is 50.7. The lowest BCUT2D eigenvalue weighted by Crippen LogP contribution is -2.65. The molecule has 19 rings (SSSR count). The molecule has 15 aromatic rings. The monoisotopic (exact) mass is 1180 g/mol. The van der Waals surface area contributed by atoms with Gasteiger partial charge < -0.3 is 24.5 Å². The Hall–Kier alpha value is -12.1. The number of anilines is 15. The number of aromatic nitrogens is 1. The molecule has 0 amide bonds. The van der Waals surface area contributed by atoms with Crippen molar-refractivity contribution in [2.45, 2.75) is 0 Å². The van der Waals surface area contributed by atoms with E-state index in [4.69, 9.17) is 4.98 Å². The molecule has 0 unspecified atom stereocenters. The fourth-order valence-corrected chi connectivity index (χ4v) is 15.9. The maximum atomic E-state index is 5.01. The van der Waals surface area contributed by atoms with Gasteiger partial charge in [-0.05, 0) is 193 Å². The standard InChI is InChI=1S/C85H56B2N6/c1-7-29-58(30-8-1)89(59-31-9-2-10-32-59)64-53-80-85-81(54-64)93(63-39-17-6-18-40-63)77-56-76-71(55-72(77)87(85)70-46-24-26-49-75(70)91(80)61-35-13-4-14-36-61)86-69-45-23-25-48-74(69)90(60-33-11-3-12-34-60)78-51-57(52-79(84(78)86)92(76)62-37-15-5-16-38-62)82-65-41-19-21-43-67(65)83(73-47-27-28-50-88-73)68-44-22-20-42-66(68)82/h1-56H. The van der Waals surface area contributed by atoms with E-state index in [0.717, 1.165) is 113 Å². The Morgan fingerprint density at radius 2 is 0.591 bits per heavy atom. The molecule has 0 saturated carbocycles. The van der Waals surface area contributed by atoms with Crippen molar-refractivity contribution in [1.29, 1.82) is 0 Å². The van der Waals surface area contributed by atoms with Gasteiger partial charge in [0.25, 0.3) is 13.4 Å². The van der Waals surface area contributed by atoms with Crippen LogP contribution < -0.4 is 57.3 Å². The molecule has 0 aliphatic carbocycles. The number of nitrogens with zero attached hydrogens (tertiary/aromatic N) is 6. The Morgan fingerprint density at radius 3 is 1.00 bits per heavy atom. The minimum Gasteiger partial charge on any atom is -0.311 e. The molecule has 0 saturated heterocycles. The van der Waals surface area contributed by atoms with Gasteiger partial charge in [0, 0.05) is 91.4 Å². The minimum absolute atomic E-state index is 0.161. The van der Waals surface area contributed by atoms with Gasteiger partial charge >= 0.3 is 0 Å². The fraction of sp³-hybridized carbons (Fsp3) is 0. The molecular weight excluding hydrogens is 1130 g/mol. The zero-order valence-corrected chi connectivity index (χ0v) is 50.7. The van der Waals surface area contributed by atoms with Crippen LogP contribution in [-0.4, -0.2) is 18.4 Å². The third-order valence-corrected chi connectivity index (χ3v) is 19.5. The molecular formula is C85H56B2N6. The number of hydrogen-bond acceptors (Lipinski definition) is 6. The number of fused-ring (bicyclic) bond motifs is 10. The molecule has 14 aromatic carbocycles. The molecule has 4 aliphatic heterocycles. The van der Waals surface area contributed by atoms with Crippen LogP contribution >= 0.6 is 0 Å². The van der Waals surface area contributed by atoms with E-state index >= 15 is 0 Å². The van der Waals surface area contributed by atoms with Gasteiger partial charge in [-0.1, -0.05) is 206 Å². The molecule has 432 valence electrons. The Labute approximate surface area is 541 Å². The molecule has 0 bridgehead atoms. The molecule has 5 heterocycles. The highest BCUT2D eigenvalue weighted by molar-refractivity contribution is 7.03. The predicted octanol–water partition coefficient (Wildman–Crippen LogP) is 18.4. The van der Waals surface area contributed by atoms with E-state index in [0.29, 0.717) is 0 Å². The van der Waals surface area contributed by atoms with E-state index < -0.39 is 0 Å². The van der Waals surface area contributed by atoms with Gasteiger partial charge in [-0.25, -0.2) is 0 Å². The first-order valence-corrected chi connectivity index (χ1v) is 32.1. The van der Waals surface area contributed by atoms with Gasteiger partial charge in [-0.3, -0.25) is 4.98 Å². The van der Waals surface area contributed by atoms with Crippen LogP contribution in [0.3, 0.4) is 0 Å². The van der Waals surface area contributed by atoms with Crippen LogP contribution in [0.25, 0.3) is 43.9 Å². The van der Waals surface area contributed by atoms with Crippen LogP contribution in [-0.2, 0) is 0 Å².